The fraction of sp³-hybridized carbons (Fsp3) is 0.667. The molecular formula is C18H30FN3O3Si. The summed E-state index contributed by atoms with van der Waals surface area (Å²) < 4.78 is 31.5. The number of benzene rings is 1. The highest BCUT2D eigenvalue weighted by Crippen LogP contribution is 2.36. The lowest BCUT2D eigenvalue weighted by atomic mass is 10.2. The summed E-state index contributed by atoms with van der Waals surface area (Å²) in [5.41, 5.74) is 9.34. The van der Waals surface area contributed by atoms with Gasteiger partial charge in [-0.05, 0) is 41.4 Å². The minimum Gasteiger partial charge on any atom is -0.497 e. The Morgan fingerprint density at radius 3 is 2.35 bits per heavy atom. The van der Waals surface area contributed by atoms with Crippen molar-refractivity contribution in [2.45, 2.75) is 57.8 Å². The van der Waals surface area contributed by atoms with E-state index in [0.717, 1.165) is 11.3 Å². The Morgan fingerprint density at radius 2 is 1.85 bits per heavy atom. The zero-order valence-electron chi connectivity index (χ0n) is 16.5. The Hall–Kier alpha value is -1.60. The molecule has 0 bridgehead atoms. The Kier molecular flexibility index (Phi) is 8.56. The van der Waals surface area contributed by atoms with Crippen LogP contribution < -0.4 is 4.74 Å². The first kappa shape index (κ1) is 22.4. The van der Waals surface area contributed by atoms with Gasteiger partial charge in [0.05, 0.1) is 26.9 Å². The van der Waals surface area contributed by atoms with Gasteiger partial charge in [-0.3, -0.25) is 0 Å². The van der Waals surface area contributed by atoms with Crippen molar-refractivity contribution in [3.63, 3.8) is 0 Å². The average molecular weight is 384 g/mol. The van der Waals surface area contributed by atoms with Crippen molar-refractivity contribution in [2.24, 2.45) is 5.11 Å². The van der Waals surface area contributed by atoms with Crippen LogP contribution >= 0.6 is 0 Å². The fourth-order valence-corrected chi connectivity index (χ4v) is 2.93. The quantitative estimate of drug-likeness (QED) is 0.240. The van der Waals surface area contributed by atoms with Crippen LogP contribution in [0.25, 0.3) is 10.4 Å². The van der Waals surface area contributed by atoms with E-state index >= 15 is 0 Å². The zero-order valence-corrected chi connectivity index (χ0v) is 17.5. The molecule has 1 aromatic carbocycles. The van der Waals surface area contributed by atoms with Gasteiger partial charge in [0.1, 0.15) is 18.0 Å². The highest BCUT2D eigenvalue weighted by atomic mass is 28.4. The van der Waals surface area contributed by atoms with Gasteiger partial charge in [0.15, 0.2) is 8.32 Å². The van der Waals surface area contributed by atoms with Crippen molar-refractivity contribution in [3.8, 4) is 5.75 Å². The number of halogens is 1. The molecule has 2 atom stereocenters. The second kappa shape index (κ2) is 9.92. The number of hydrogen-bond donors (Lipinski definition) is 0. The fourth-order valence-electron chi connectivity index (χ4n) is 1.92. The smallest absolute Gasteiger partial charge is 0.192 e. The summed E-state index contributed by atoms with van der Waals surface area (Å²) >= 11 is 0. The van der Waals surface area contributed by atoms with E-state index in [1.54, 1.807) is 7.11 Å². The predicted octanol–water partition coefficient (Wildman–Crippen LogP) is 5.25. The van der Waals surface area contributed by atoms with Crippen LogP contribution in [0.4, 0.5) is 4.39 Å². The predicted molar refractivity (Wildman–Crippen MR) is 104 cm³/mol. The molecule has 0 aromatic heterocycles. The molecule has 26 heavy (non-hydrogen) atoms. The van der Waals surface area contributed by atoms with Crippen LogP contribution in [0.1, 0.15) is 26.3 Å². The molecule has 1 rings (SSSR count). The molecule has 0 fully saturated rings. The summed E-state index contributed by atoms with van der Waals surface area (Å²) in [6.07, 6.45) is -2.22. The van der Waals surface area contributed by atoms with Gasteiger partial charge < -0.3 is 13.9 Å². The first-order chi connectivity index (χ1) is 12.1. The molecule has 0 amide bonds. The number of ether oxygens (including phenoxy) is 2. The summed E-state index contributed by atoms with van der Waals surface area (Å²) in [5.74, 6) is 0.748. The topological polar surface area (TPSA) is 76.5 Å². The zero-order chi connectivity index (χ0) is 19.8. The van der Waals surface area contributed by atoms with Gasteiger partial charge in [-0.15, -0.1) is 0 Å². The molecule has 0 saturated heterocycles. The lowest BCUT2D eigenvalue weighted by Gasteiger charge is -2.37. The number of azide groups is 1. The molecule has 0 saturated carbocycles. The van der Waals surface area contributed by atoms with Crippen LogP contribution in [0, 0.1) is 0 Å². The molecule has 0 aliphatic carbocycles. The molecule has 0 N–H and O–H groups in total. The number of hydrogen-bond acceptors (Lipinski definition) is 4. The van der Waals surface area contributed by atoms with Crippen LogP contribution in [0.5, 0.6) is 5.75 Å². The van der Waals surface area contributed by atoms with Crippen LogP contribution in [0.2, 0.25) is 18.1 Å². The van der Waals surface area contributed by atoms with E-state index in [9.17, 15) is 4.39 Å². The van der Waals surface area contributed by atoms with Crippen LogP contribution in [-0.2, 0) is 15.8 Å². The second-order valence-electron chi connectivity index (χ2n) is 7.70. The van der Waals surface area contributed by atoms with Crippen molar-refractivity contribution >= 4 is 8.32 Å². The lowest BCUT2D eigenvalue weighted by Crippen LogP contribution is -2.44. The minimum absolute atomic E-state index is 0.0180. The van der Waals surface area contributed by atoms with Gasteiger partial charge in [-0.1, -0.05) is 38.0 Å². The largest absolute Gasteiger partial charge is 0.497 e. The van der Waals surface area contributed by atoms with Crippen molar-refractivity contribution in [2.75, 3.05) is 20.3 Å². The highest BCUT2D eigenvalue weighted by molar-refractivity contribution is 6.74. The molecule has 0 aliphatic rings. The van der Waals surface area contributed by atoms with Crippen molar-refractivity contribution in [1.29, 1.82) is 0 Å². The maximum Gasteiger partial charge on any atom is 0.192 e. The minimum atomic E-state index is -2.03. The van der Waals surface area contributed by atoms with E-state index in [0.29, 0.717) is 0 Å². The average Bonchev–Trinajstić information content (AvgIpc) is 2.59. The number of alkyl halides is 1. The van der Waals surface area contributed by atoms with Gasteiger partial charge in [0.25, 0.3) is 0 Å². The molecule has 8 heteroatoms. The highest BCUT2D eigenvalue weighted by Gasteiger charge is 2.38. The third-order valence-electron chi connectivity index (χ3n) is 4.76. The third kappa shape index (κ3) is 6.95. The van der Waals surface area contributed by atoms with E-state index in [4.69, 9.17) is 19.4 Å². The van der Waals surface area contributed by atoms with Gasteiger partial charge >= 0.3 is 0 Å². The molecule has 1 aromatic rings. The lowest BCUT2D eigenvalue weighted by molar-refractivity contribution is -0.0372. The SMILES string of the molecule is COc1ccc(CO[C@H](CO[Si](C)(C)C(C)(C)C)[C@H](F)CN=[N+]=[N-])cc1. The normalized spacial score (nSPS) is 14.4. The maximum absolute atomic E-state index is 14.5. The van der Waals surface area contributed by atoms with Gasteiger partial charge in [-0.25, -0.2) is 4.39 Å². The van der Waals surface area contributed by atoms with Crippen LogP contribution in [0.15, 0.2) is 29.4 Å². The summed E-state index contributed by atoms with van der Waals surface area (Å²) in [6.45, 7) is 10.7. The standard InChI is InChI=1S/C18H30FN3O3Si/c1-18(2,3)26(5,6)25-13-17(16(19)11-21-22-20)24-12-14-7-9-15(23-4)10-8-14/h7-10,16-17H,11-13H2,1-6H3/t16-,17-/m1/s1. The number of rotatable bonds is 10. The first-order valence-corrected chi connectivity index (χ1v) is 11.5. The summed E-state index contributed by atoms with van der Waals surface area (Å²) in [5, 5.41) is 3.35. The monoisotopic (exact) mass is 383 g/mol. The first-order valence-electron chi connectivity index (χ1n) is 8.64. The molecule has 0 radical (unpaired) electrons. The molecule has 0 aliphatic heterocycles. The van der Waals surface area contributed by atoms with E-state index in [2.05, 4.69) is 43.9 Å². The molecule has 6 nitrogen and oxygen atoms in total. The van der Waals surface area contributed by atoms with Crippen LogP contribution in [0.3, 0.4) is 0 Å². The third-order valence-corrected chi connectivity index (χ3v) is 9.26. The Balaban J connectivity index is 2.75. The molecule has 0 heterocycles. The molecule has 0 spiro atoms. The van der Waals surface area contributed by atoms with Crippen molar-refractivity contribution < 1.29 is 18.3 Å². The van der Waals surface area contributed by atoms with Gasteiger partial charge in [-0.2, -0.15) is 0 Å². The summed E-state index contributed by atoms with van der Waals surface area (Å²) in [4.78, 5) is 2.63. The van der Waals surface area contributed by atoms with Crippen molar-refractivity contribution in [3.05, 3.63) is 40.3 Å². The van der Waals surface area contributed by atoms with Crippen LogP contribution in [-0.4, -0.2) is 40.9 Å². The van der Waals surface area contributed by atoms with E-state index in [1.807, 2.05) is 24.3 Å². The second-order valence-corrected chi connectivity index (χ2v) is 12.5. The van der Waals surface area contributed by atoms with Crippen molar-refractivity contribution in [1.82, 2.24) is 0 Å². The molecule has 0 unspecified atom stereocenters. The summed E-state index contributed by atoms with van der Waals surface area (Å²) in [7, 11) is -0.432. The van der Waals surface area contributed by atoms with E-state index < -0.39 is 20.6 Å². The number of methoxy groups -OCH3 is 1. The van der Waals surface area contributed by atoms with Gasteiger partial charge in [0, 0.05) is 4.91 Å². The maximum atomic E-state index is 14.5. The van der Waals surface area contributed by atoms with E-state index in [1.165, 1.54) is 0 Å². The van der Waals surface area contributed by atoms with E-state index in [-0.39, 0.29) is 24.8 Å². The molecular weight excluding hydrogens is 353 g/mol. The Bertz CT molecular complexity index is 599. The Labute approximate surface area is 156 Å². The molecule has 146 valence electrons. The van der Waals surface area contributed by atoms with Gasteiger partial charge in [0.2, 0.25) is 0 Å². The summed E-state index contributed by atoms with van der Waals surface area (Å²) in [6, 6.07) is 7.38. The Morgan fingerprint density at radius 1 is 1.23 bits per heavy atom. The number of nitrogens with zero attached hydrogens (tertiary/aromatic N) is 3.